The number of carbonyl (C=O) groups excluding carboxylic acids is 1. The maximum Gasteiger partial charge on any atom is 0.237 e. The van der Waals surface area contributed by atoms with Crippen LogP contribution >= 0.6 is 23.7 Å². The SMILES string of the molecule is CC[C@H](N)C(=O)NCC(O)c1ccsc1.Cl. The minimum Gasteiger partial charge on any atom is -0.387 e. The molecule has 4 N–H and O–H groups in total. The first-order valence-electron chi connectivity index (χ1n) is 4.88. The second kappa shape index (κ2) is 7.62. The Morgan fingerprint density at radius 3 is 2.88 bits per heavy atom. The van der Waals surface area contributed by atoms with Crippen LogP contribution in [0.25, 0.3) is 0 Å². The number of thiophene rings is 1. The predicted molar refractivity (Wildman–Crippen MR) is 67.8 cm³/mol. The molecule has 16 heavy (non-hydrogen) atoms. The van der Waals surface area contributed by atoms with Crippen LogP contribution in [0.3, 0.4) is 0 Å². The third kappa shape index (κ3) is 4.49. The number of hydrogen-bond donors (Lipinski definition) is 3. The van der Waals surface area contributed by atoms with Gasteiger partial charge in [-0.15, -0.1) is 12.4 Å². The van der Waals surface area contributed by atoms with E-state index in [1.807, 2.05) is 23.8 Å². The van der Waals surface area contributed by atoms with E-state index in [0.29, 0.717) is 6.42 Å². The van der Waals surface area contributed by atoms with E-state index in [9.17, 15) is 9.90 Å². The number of halogens is 1. The number of hydrogen-bond acceptors (Lipinski definition) is 4. The lowest BCUT2D eigenvalue weighted by Crippen LogP contribution is -2.41. The van der Waals surface area contributed by atoms with Gasteiger partial charge in [-0.3, -0.25) is 4.79 Å². The Morgan fingerprint density at radius 1 is 1.69 bits per heavy atom. The smallest absolute Gasteiger partial charge is 0.237 e. The summed E-state index contributed by atoms with van der Waals surface area (Å²) in [6.45, 7) is 2.06. The number of rotatable bonds is 5. The highest BCUT2D eigenvalue weighted by Gasteiger charge is 2.13. The minimum absolute atomic E-state index is 0. The zero-order valence-electron chi connectivity index (χ0n) is 9.05. The Morgan fingerprint density at radius 2 is 2.38 bits per heavy atom. The van der Waals surface area contributed by atoms with Crippen molar-refractivity contribution in [2.24, 2.45) is 5.73 Å². The average molecular weight is 265 g/mol. The van der Waals surface area contributed by atoms with E-state index in [4.69, 9.17) is 5.73 Å². The lowest BCUT2D eigenvalue weighted by molar-refractivity contribution is -0.122. The molecule has 0 aliphatic carbocycles. The van der Waals surface area contributed by atoms with Crippen LogP contribution in [0.1, 0.15) is 25.0 Å². The number of nitrogens with two attached hydrogens (primary N) is 1. The summed E-state index contributed by atoms with van der Waals surface area (Å²) in [5, 5.41) is 16.0. The van der Waals surface area contributed by atoms with Crippen LogP contribution in [0.2, 0.25) is 0 Å². The third-order valence-electron chi connectivity index (χ3n) is 2.17. The van der Waals surface area contributed by atoms with E-state index in [1.165, 1.54) is 11.3 Å². The van der Waals surface area contributed by atoms with Gasteiger partial charge >= 0.3 is 0 Å². The summed E-state index contributed by atoms with van der Waals surface area (Å²) >= 11 is 1.52. The van der Waals surface area contributed by atoms with Gasteiger partial charge in [0.1, 0.15) is 0 Å². The van der Waals surface area contributed by atoms with Gasteiger partial charge in [-0.1, -0.05) is 6.92 Å². The van der Waals surface area contributed by atoms with Gasteiger partial charge in [0.25, 0.3) is 0 Å². The predicted octanol–water partition coefficient (Wildman–Crippen LogP) is 1.06. The van der Waals surface area contributed by atoms with Crippen molar-refractivity contribution in [1.29, 1.82) is 0 Å². The Labute approximate surface area is 105 Å². The summed E-state index contributed by atoms with van der Waals surface area (Å²) < 4.78 is 0. The minimum atomic E-state index is -0.649. The highest BCUT2D eigenvalue weighted by molar-refractivity contribution is 7.07. The lowest BCUT2D eigenvalue weighted by Gasteiger charge is -2.13. The van der Waals surface area contributed by atoms with E-state index >= 15 is 0 Å². The molecule has 1 unspecified atom stereocenters. The van der Waals surface area contributed by atoms with Crippen molar-refractivity contribution in [3.8, 4) is 0 Å². The Bertz CT molecular complexity index is 306. The van der Waals surface area contributed by atoms with Gasteiger partial charge in [0.05, 0.1) is 12.1 Å². The summed E-state index contributed by atoms with van der Waals surface area (Å²) in [6.07, 6.45) is -0.0512. The molecule has 2 atom stereocenters. The Hall–Kier alpha value is -0.620. The van der Waals surface area contributed by atoms with Crippen LogP contribution in [0.4, 0.5) is 0 Å². The molecule has 1 aromatic rings. The molecule has 0 radical (unpaired) electrons. The summed E-state index contributed by atoms with van der Waals surface area (Å²) in [4.78, 5) is 11.3. The van der Waals surface area contributed by atoms with E-state index in [0.717, 1.165) is 5.56 Å². The average Bonchev–Trinajstić information content (AvgIpc) is 2.77. The molecule has 92 valence electrons. The van der Waals surface area contributed by atoms with Crippen LogP contribution in [-0.2, 0) is 4.79 Å². The second-order valence-electron chi connectivity index (χ2n) is 3.33. The van der Waals surface area contributed by atoms with Gasteiger partial charge in [-0.05, 0) is 28.8 Å². The molecule has 0 bridgehead atoms. The zero-order valence-corrected chi connectivity index (χ0v) is 10.7. The van der Waals surface area contributed by atoms with E-state index < -0.39 is 12.1 Å². The van der Waals surface area contributed by atoms with Crippen molar-refractivity contribution < 1.29 is 9.90 Å². The molecule has 0 aliphatic heterocycles. The van der Waals surface area contributed by atoms with E-state index in [1.54, 1.807) is 0 Å². The van der Waals surface area contributed by atoms with Gasteiger partial charge in [-0.2, -0.15) is 11.3 Å². The van der Waals surface area contributed by atoms with Crippen molar-refractivity contribution >= 4 is 29.7 Å². The topological polar surface area (TPSA) is 75.4 Å². The molecule has 6 heteroatoms. The fourth-order valence-electron chi connectivity index (χ4n) is 1.10. The monoisotopic (exact) mass is 264 g/mol. The molecular weight excluding hydrogens is 248 g/mol. The zero-order chi connectivity index (χ0) is 11.3. The van der Waals surface area contributed by atoms with Crippen molar-refractivity contribution in [3.05, 3.63) is 22.4 Å². The number of aliphatic hydroxyl groups excluding tert-OH is 1. The quantitative estimate of drug-likeness (QED) is 0.744. The molecule has 0 spiro atoms. The molecule has 1 heterocycles. The number of aliphatic hydroxyl groups is 1. The van der Waals surface area contributed by atoms with Crippen LogP contribution < -0.4 is 11.1 Å². The maximum absolute atomic E-state index is 11.3. The van der Waals surface area contributed by atoms with Crippen LogP contribution in [-0.4, -0.2) is 23.6 Å². The highest BCUT2D eigenvalue weighted by atomic mass is 35.5. The van der Waals surface area contributed by atoms with Gasteiger partial charge < -0.3 is 16.2 Å². The standard InChI is InChI=1S/C10H16N2O2S.ClH/c1-2-8(11)10(14)12-5-9(13)7-3-4-15-6-7;/h3-4,6,8-9,13H,2,5,11H2,1H3,(H,12,14);1H/t8-,9?;/m0./s1. The summed E-state index contributed by atoms with van der Waals surface area (Å²) in [6, 6.07) is 1.35. The number of nitrogens with one attached hydrogen (secondary N) is 1. The largest absolute Gasteiger partial charge is 0.387 e. The summed E-state index contributed by atoms with van der Waals surface area (Å²) in [5.74, 6) is -0.216. The summed E-state index contributed by atoms with van der Waals surface area (Å²) in [7, 11) is 0. The van der Waals surface area contributed by atoms with Crippen LogP contribution in [0.5, 0.6) is 0 Å². The first-order valence-corrected chi connectivity index (χ1v) is 5.83. The number of carbonyl (C=O) groups is 1. The molecule has 0 saturated carbocycles. The summed E-state index contributed by atoms with van der Waals surface area (Å²) in [5.41, 5.74) is 6.35. The molecule has 1 amide bonds. The Kier molecular flexibility index (Phi) is 7.33. The van der Waals surface area contributed by atoms with Crippen LogP contribution in [0.15, 0.2) is 16.8 Å². The van der Waals surface area contributed by atoms with E-state index in [2.05, 4.69) is 5.32 Å². The first kappa shape index (κ1) is 15.4. The molecule has 1 rings (SSSR count). The van der Waals surface area contributed by atoms with E-state index in [-0.39, 0.29) is 24.9 Å². The molecule has 0 aromatic carbocycles. The van der Waals surface area contributed by atoms with Crippen molar-refractivity contribution in [1.82, 2.24) is 5.32 Å². The van der Waals surface area contributed by atoms with Gasteiger partial charge in [0.15, 0.2) is 0 Å². The fraction of sp³-hybridized carbons (Fsp3) is 0.500. The molecular formula is C10H17ClN2O2S. The molecule has 0 aliphatic rings. The molecule has 4 nitrogen and oxygen atoms in total. The molecule has 1 aromatic heterocycles. The van der Waals surface area contributed by atoms with Crippen molar-refractivity contribution in [2.75, 3.05) is 6.54 Å². The lowest BCUT2D eigenvalue weighted by atomic mass is 10.2. The maximum atomic E-state index is 11.3. The van der Waals surface area contributed by atoms with Gasteiger partial charge in [-0.25, -0.2) is 0 Å². The molecule has 0 saturated heterocycles. The van der Waals surface area contributed by atoms with Crippen molar-refractivity contribution in [2.45, 2.75) is 25.5 Å². The molecule has 0 fully saturated rings. The number of amides is 1. The van der Waals surface area contributed by atoms with Gasteiger partial charge in [0, 0.05) is 6.54 Å². The highest BCUT2D eigenvalue weighted by Crippen LogP contribution is 2.14. The normalized spacial score (nSPS) is 13.7. The first-order chi connectivity index (χ1) is 7.15. The fourth-order valence-corrected chi connectivity index (χ4v) is 1.80. The second-order valence-corrected chi connectivity index (χ2v) is 4.11. The third-order valence-corrected chi connectivity index (χ3v) is 2.88. The van der Waals surface area contributed by atoms with Gasteiger partial charge in [0.2, 0.25) is 5.91 Å². The Balaban J connectivity index is 0.00000225. The van der Waals surface area contributed by atoms with Crippen LogP contribution in [0, 0.1) is 0 Å². The van der Waals surface area contributed by atoms with Crippen molar-refractivity contribution in [3.63, 3.8) is 0 Å².